The van der Waals surface area contributed by atoms with Crippen molar-refractivity contribution in [2.24, 2.45) is 5.73 Å². The lowest BCUT2D eigenvalue weighted by Crippen LogP contribution is -2.21. The summed E-state index contributed by atoms with van der Waals surface area (Å²) in [4.78, 5) is 0. The van der Waals surface area contributed by atoms with Crippen LogP contribution < -0.4 is 5.73 Å². The summed E-state index contributed by atoms with van der Waals surface area (Å²) in [7, 11) is 0. The number of halogens is 4. The fraction of sp³-hybridized carbons (Fsp3) is 0.455. The molecule has 96 valence electrons. The zero-order valence-corrected chi connectivity index (χ0v) is 12.2. The van der Waals surface area contributed by atoms with Gasteiger partial charge in [0.2, 0.25) is 0 Å². The highest BCUT2D eigenvalue weighted by Gasteiger charge is 2.21. The fourth-order valence-corrected chi connectivity index (χ4v) is 2.84. The Morgan fingerprint density at radius 2 is 1.65 bits per heavy atom. The summed E-state index contributed by atoms with van der Waals surface area (Å²) < 4.78 is 0. The standard InChI is InChI=1S/C11H13Cl4NO/c1-5(2-6(17)4-16)9-10(14)7(12)3-8(13)11(9)15/h3,5-6,17H,2,4,16H2,1H3. The molecule has 3 N–H and O–H groups in total. The Hall–Kier alpha value is 0.300. The minimum Gasteiger partial charge on any atom is -0.392 e. The number of hydrogen-bond acceptors (Lipinski definition) is 2. The van der Waals surface area contributed by atoms with Crippen molar-refractivity contribution in [2.45, 2.75) is 25.4 Å². The SMILES string of the molecule is CC(CC(O)CN)c1c(Cl)c(Cl)cc(Cl)c1Cl. The first-order valence-corrected chi connectivity index (χ1v) is 6.60. The minimum atomic E-state index is -0.602. The van der Waals surface area contributed by atoms with Gasteiger partial charge in [-0.25, -0.2) is 0 Å². The van der Waals surface area contributed by atoms with Gasteiger partial charge in [-0.05, 0) is 24.0 Å². The van der Waals surface area contributed by atoms with Gasteiger partial charge in [-0.15, -0.1) is 0 Å². The first-order chi connectivity index (χ1) is 7.88. The Balaban J connectivity index is 3.12. The first kappa shape index (κ1) is 15.4. The summed E-state index contributed by atoms with van der Waals surface area (Å²) in [6.45, 7) is 2.08. The lowest BCUT2D eigenvalue weighted by molar-refractivity contribution is 0.165. The van der Waals surface area contributed by atoms with Crippen molar-refractivity contribution < 1.29 is 5.11 Å². The molecule has 0 heterocycles. The van der Waals surface area contributed by atoms with Crippen LogP contribution in [0.1, 0.15) is 24.8 Å². The molecule has 1 rings (SSSR count). The third-order valence-corrected chi connectivity index (χ3v) is 4.14. The molecule has 0 fully saturated rings. The second kappa shape index (κ2) is 6.46. The number of hydrogen-bond donors (Lipinski definition) is 2. The van der Waals surface area contributed by atoms with Crippen LogP contribution in [-0.2, 0) is 0 Å². The van der Waals surface area contributed by atoms with Crippen LogP contribution in [0.5, 0.6) is 0 Å². The van der Waals surface area contributed by atoms with Crippen LogP contribution in [0, 0.1) is 0 Å². The Bertz CT molecular complexity index is 385. The van der Waals surface area contributed by atoms with Crippen molar-refractivity contribution in [3.8, 4) is 0 Å². The number of benzene rings is 1. The molecule has 0 spiro atoms. The number of rotatable bonds is 4. The number of aliphatic hydroxyl groups is 1. The van der Waals surface area contributed by atoms with Crippen molar-refractivity contribution >= 4 is 46.4 Å². The molecule has 0 amide bonds. The Labute approximate surface area is 121 Å². The lowest BCUT2D eigenvalue weighted by Gasteiger charge is -2.19. The van der Waals surface area contributed by atoms with Crippen LogP contribution in [0.15, 0.2) is 6.07 Å². The van der Waals surface area contributed by atoms with Crippen molar-refractivity contribution in [3.63, 3.8) is 0 Å². The second-order valence-electron chi connectivity index (χ2n) is 3.91. The van der Waals surface area contributed by atoms with Crippen LogP contribution in [0.2, 0.25) is 20.1 Å². The second-order valence-corrected chi connectivity index (χ2v) is 5.48. The number of nitrogens with two attached hydrogens (primary N) is 1. The molecule has 0 bridgehead atoms. The van der Waals surface area contributed by atoms with Crippen LogP contribution in [0.4, 0.5) is 0 Å². The predicted molar refractivity (Wildman–Crippen MR) is 74.6 cm³/mol. The average Bonchev–Trinajstić information content (AvgIpc) is 2.26. The van der Waals surface area contributed by atoms with E-state index >= 15 is 0 Å². The summed E-state index contributed by atoms with van der Waals surface area (Å²) in [6.07, 6.45) is -0.151. The van der Waals surface area contributed by atoms with Gasteiger partial charge in [-0.2, -0.15) is 0 Å². The highest BCUT2D eigenvalue weighted by Crippen LogP contribution is 2.42. The summed E-state index contributed by atoms with van der Waals surface area (Å²) in [6, 6.07) is 1.50. The van der Waals surface area contributed by atoms with E-state index < -0.39 is 6.10 Å². The van der Waals surface area contributed by atoms with Crippen molar-refractivity contribution in [2.75, 3.05) is 6.54 Å². The molecular weight excluding hydrogens is 304 g/mol. The highest BCUT2D eigenvalue weighted by molar-refractivity contribution is 6.48. The van der Waals surface area contributed by atoms with E-state index in [9.17, 15) is 5.11 Å². The van der Waals surface area contributed by atoms with Gasteiger partial charge in [0, 0.05) is 6.54 Å². The van der Waals surface area contributed by atoms with Crippen LogP contribution in [-0.4, -0.2) is 17.8 Å². The first-order valence-electron chi connectivity index (χ1n) is 5.09. The lowest BCUT2D eigenvalue weighted by atomic mass is 9.95. The topological polar surface area (TPSA) is 46.2 Å². The fourth-order valence-electron chi connectivity index (χ4n) is 1.65. The van der Waals surface area contributed by atoms with Gasteiger partial charge in [0.1, 0.15) is 0 Å². The van der Waals surface area contributed by atoms with Gasteiger partial charge in [0.15, 0.2) is 0 Å². The van der Waals surface area contributed by atoms with Crippen molar-refractivity contribution in [1.29, 1.82) is 0 Å². The van der Waals surface area contributed by atoms with E-state index in [0.29, 0.717) is 32.1 Å². The molecule has 0 aliphatic carbocycles. The van der Waals surface area contributed by atoms with Crippen molar-refractivity contribution in [3.05, 3.63) is 31.7 Å². The smallest absolute Gasteiger partial charge is 0.0668 e. The molecule has 0 saturated heterocycles. The molecule has 6 heteroatoms. The monoisotopic (exact) mass is 315 g/mol. The highest BCUT2D eigenvalue weighted by atomic mass is 35.5. The van der Waals surface area contributed by atoms with E-state index in [1.165, 1.54) is 6.07 Å². The van der Waals surface area contributed by atoms with E-state index in [2.05, 4.69) is 0 Å². The zero-order chi connectivity index (χ0) is 13.2. The van der Waals surface area contributed by atoms with Crippen LogP contribution >= 0.6 is 46.4 Å². The normalized spacial score (nSPS) is 14.8. The van der Waals surface area contributed by atoms with Gasteiger partial charge in [-0.3, -0.25) is 0 Å². The van der Waals surface area contributed by atoms with E-state index in [0.717, 1.165) is 0 Å². The quantitative estimate of drug-likeness (QED) is 0.821. The third-order valence-electron chi connectivity index (χ3n) is 2.54. The maximum atomic E-state index is 9.53. The van der Waals surface area contributed by atoms with Gasteiger partial charge in [0.05, 0.1) is 26.2 Å². The van der Waals surface area contributed by atoms with Crippen LogP contribution in [0.3, 0.4) is 0 Å². The molecule has 0 radical (unpaired) electrons. The Morgan fingerprint density at radius 3 is 2.06 bits per heavy atom. The van der Waals surface area contributed by atoms with Gasteiger partial charge >= 0.3 is 0 Å². The number of aliphatic hydroxyl groups excluding tert-OH is 1. The van der Waals surface area contributed by atoms with Crippen molar-refractivity contribution in [1.82, 2.24) is 0 Å². The van der Waals surface area contributed by atoms with Gasteiger partial charge in [-0.1, -0.05) is 53.3 Å². The summed E-state index contributed by atoms with van der Waals surface area (Å²) in [5, 5.41) is 11.0. The van der Waals surface area contributed by atoms with E-state index in [-0.39, 0.29) is 12.5 Å². The Morgan fingerprint density at radius 1 is 1.18 bits per heavy atom. The molecule has 2 atom stereocenters. The molecule has 17 heavy (non-hydrogen) atoms. The predicted octanol–water partition coefficient (Wildman–Crippen LogP) is 4.11. The average molecular weight is 317 g/mol. The summed E-state index contributed by atoms with van der Waals surface area (Å²) in [5.74, 6) is -0.0789. The molecule has 0 aliphatic rings. The van der Waals surface area contributed by atoms with E-state index in [1.54, 1.807) is 0 Å². The molecule has 1 aromatic rings. The maximum absolute atomic E-state index is 9.53. The molecule has 1 aromatic carbocycles. The van der Waals surface area contributed by atoms with Crippen LogP contribution in [0.25, 0.3) is 0 Å². The van der Waals surface area contributed by atoms with Gasteiger partial charge < -0.3 is 10.8 Å². The minimum absolute atomic E-state index is 0.0789. The third kappa shape index (κ3) is 3.63. The molecule has 0 aliphatic heterocycles. The Kier molecular flexibility index (Phi) is 5.84. The van der Waals surface area contributed by atoms with E-state index in [4.69, 9.17) is 52.1 Å². The van der Waals surface area contributed by atoms with Gasteiger partial charge in [0.25, 0.3) is 0 Å². The summed E-state index contributed by atoms with van der Waals surface area (Å²) in [5.41, 5.74) is 6.02. The maximum Gasteiger partial charge on any atom is 0.0668 e. The zero-order valence-electron chi connectivity index (χ0n) is 9.18. The summed E-state index contributed by atoms with van der Waals surface area (Å²) >= 11 is 24.1. The molecule has 2 nitrogen and oxygen atoms in total. The molecule has 2 unspecified atom stereocenters. The largest absolute Gasteiger partial charge is 0.392 e. The van der Waals surface area contributed by atoms with E-state index in [1.807, 2.05) is 6.92 Å². The molecule has 0 saturated carbocycles. The molecular formula is C11H13Cl4NO. The molecule has 0 aromatic heterocycles.